The van der Waals surface area contributed by atoms with Crippen molar-refractivity contribution in [2.24, 2.45) is 0 Å². The third-order valence-corrected chi connectivity index (χ3v) is 5.15. The van der Waals surface area contributed by atoms with Crippen molar-refractivity contribution in [2.45, 2.75) is 32.2 Å². The fraction of sp³-hybridized carbons (Fsp3) is 0.667. The molecule has 2 rings (SSSR count). The van der Waals surface area contributed by atoms with Crippen LogP contribution in [-0.4, -0.2) is 35.9 Å². The second kappa shape index (κ2) is 5.40. The monoisotopic (exact) mass is 270 g/mol. The van der Waals surface area contributed by atoms with Crippen molar-refractivity contribution >= 4 is 34.0 Å². The first kappa shape index (κ1) is 12.9. The summed E-state index contributed by atoms with van der Waals surface area (Å²) in [5.74, 6) is 1.30. The summed E-state index contributed by atoms with van der Waals surface area (Å²) in [5, 5.41) is 0.992. The minimum atomic E-state index is 0.222. The Kier molecular flexibility index (Phi) is 4.09. The summed E-state index contributed by atoms with van der Waals surface area (Å²) in [4.78, 5) is 19.6. The van der Waals surface area contributed by atoms with E-state index >= 15 is 0 Å². The maximum atomic E-state index is 11.7. The zero-order valence-corrected chi connectivity index (χ0v) is 12.2. The molecule has 0 spiro atoms. The standard InChI is InChI=1S/C12H18N2OS2/c1-8(7-16-3)14(2)12-13-11-9(15)5-4-6-10(11)17-12/h8H,4-7H2,1-3H3. The highest BCUT2D eigenvalue weighted by Crippen LogP contribution is 2.32. The Morgan fingerprint density at radius 3 is 2.94 bits per heavy atom. The smallest absolute Gasteiger partial charge is 0.186 e. The van der Waals surface area contributed by atoms with E-state index in [1.165, 1.54) is 4.88 Å². The molecule has 1 heterocycles. The summed E-state index contributed by atoms with van der Waals surface area (Å²) < 4.78 is 0. The Hall–Kier alpha value is -0.550. The quantitative estimate of drug-likeness (QED) is 0.842. The number of carbonyl (C=O) groups is 1. The van der Waals surface area contributed by atoms with Gasteiger partial charge in [-0.05, 0) is 26.0 Å². The van der Waals surface area contributed by atoms with Gasteiger partial charge in [-0.2, -0.15) is 11.8 Å². The number of rotatable bonds is 4. The highest BCUT2D eigenvalue weighted by atomic mass is 32.2. The van der Waals surface area contributed by atoms with Crippen LogP contribution in [0.3, 0.4) is 0 Å². The lowest BCUT2D eigenvalue weighted by Gasteiger charge is -2.23. The van der Waals surface area contributed by atoms with E-state index in [4.69, 9.17) is 0 Å². The maximum Gasteiger partial charge on any atom is 0.186 e. The van der Waals surface area contributed by atoms with E-state index in [9.17, 15) is 4.79 Å². The number of fused-ring (bicyclic) bond motifs is 1. The van der Waals surface area contributed by atoms with Crippen LogP contribution < -0.4 is 4.90 Å². The predicted octanol–water partition coefficient (Wildman–Crippen LogP) is 2.85. The second-order valence-corrected chi connectivity index (χ2v) is 6.43. The van der Waals surface area contributed by atoms with Crippen LogP contribution in [0, 0.1) is 0 Å². The molecule has 0 aliphatic heterocycles. The van der Waals surface area contributed by atoms with Gasteiger partial charge in [-0.15, -0.1) is 11.3 Å². The first-order chi connectivity index (χ1) is 8.13. The van der Waals surface area contributed by atoms with Gasteiger partial charge in [0.25, 0.3) is 0 Å². The third kappa shape index (κ3) is 2.65. The lowest BCUT2D eigenvalue weighted by molar-refractivity contribution is 0.0968. The molecule has 94 valence electrons. The molecule has 0 N–H and O–H groups in total. The Morgan fingerprint density at radius 2 is 2.29 bits per heavy atom. The Morgan fingerprint density at radius 1 is 1.53 bits per heavy atom. The molecule has 0 saturated carbocycles. The molecule has 1 aromatic heterocycles. The van der Waals surface area contributed by atoms with Crippen molar-refractivity contribution in [1.29, 1.82) is 0 Å². The largest absolute Gasteiger partial charge is 0.348 e. The molecule has 5 heteroatoms. The second-order valence-electron chi connectivity index (χ2n) is 4.46. The summed E-state index contributed by atoms with van der Waals surface area (Å²) >= 11 is 3.52. The lowest BCUT2D eigenvalue weighted by atomic mass is 10.0. The average Bonchev–Trinajstić information content (AvgIpc) is 2.73. The molecule has 1 aromatic rings. The number of anilines is 1. The van der Waals surface area contributed by atoms with Crippen LogP contribution in [-0.2, 0) is 6.42 Å². The highest BCUT2D eigenvalue weighted by Gasteiger charge is 2.24. The van der Waals surface area contributed by atoms with Crippen molar-refractivity contribution in [2.75, 3.05) is 24.0 Å². The van der Waals surface area contributed by atoms with Gasteiger partial charge in [0.2, 0.25) is 0 Å². The molecule has 0 aromatic carbocycles. The first-order valence-electron chi connectivity index (χ1n) is 5.88. The van der Waals surface area contributed by atoms with Crippen LogP contribution in [0.15, 0.2) is 0 Å². The van der Waals surface area contributed by atoms with Crippen LogP contribution in [0.5, 0.6) is 0 Å². The van der Waals surface area contributed by atoms with Gasteiger partial charge in [0.05, 0.1) is 0 Å². The Bertz CT molecular complexity index is 417. The number of Topliss-reactive ketones (excluding diaryl/α,β-unsaturated/α-hetero) is 1. The minimum absolute atomic E-state index is 0.222. The van der Waals surface area contributed by atoms with Crippen molar-refractivity contribution in [3.8, 4) is 0 Å². The lowest BCUT2D eigenvalue weighted by Crippen LogP contribution is -2.30. The molecule has 1 aliphatic carbocycles. The third-order valence-electron chi connectivity index (χ3n) is 3.13. The maximum absolute atomic E-state index is 11.7. The normalized spacial score (nSPS) is 16.8. The molecule has 1 unspecified atom stereocenters. The van der Waals surface area contributed by atoms with Gasteiger partial charge in [-0.3, -0.25) is 4.79 Å². The first-order valence-corrected chi connectivity index (χ1v) is 8.09. The number of hydrogen-bond donors (Lipinski definition) is 0. The van der Waals surface area contributed by atoms with Crippen molar-refractivity contribution < 1.29 is 4.79 Å². The zero-order chi connectivity index (χ0) is 12.4. The SMILES string of the molecule is CSCC(C)N(C)c1nc2c(s1)CCCC2=O. The number of aryl methyl sites for hydroxylation is 1. The molecule has 17 heavy (non-hydrogen) atoms. The molecule has 0 bridgehead atoms. The van der Waals surface area contributed by atoms with Crippen LogP contribution in [0.25, 0.3) is 0 Å². The molecule has 0 saturated heterocycles. The van der Waals surface area contributed by atoms with Gasteiger partial charge in [0.1, 0.15) is 5.69 Å². The molecular formula is C12H18N2OS2. The Labute approximate surface area is 111 Å². The van der Waals surface area contributed by atoms with Gasteiger partial charge < -0.3 is 4.90 Å². The number of thiazole rings is 1. The van der Waals surface area contributed by atoms with E-state index in [1.54, 1.807) is 11.3 Å². The zero-order valence-electron chi connectivity index (χ0n) is 10.5. The van der Waals surface area contributed by atoms with Gasteiger partial charge in [-0.25, -0.2) is 4.98 Å². The van der Waals surface area contributed by atoms with Gasteiger partial charge in [0, 0.05) is 30.1 Å². The van der Waals surface area contributed by atoms with E-state index in [2.05, 4.69) is 30.1 Å². The predicted molar refractivity (Wildman–Crippen MR) is 75.6 cm³/mol. The van der Waals surface area contributed by atoms with E-state index in [0.29, 0.717) is 12.5 Å². The van der Waals surface area contributed by atoms with Gasteiger partial charge >= 0.3 is 0 Å². The average molecular weight is 270 g/mol. The number of ketones is 1. The molecule has 1 aliphatic rings. The number of nitrogens with zero attached hydrogens (tertiary/aromatic N) is 2. The highest BCUT2D eigenvalue weighted by molar-refractivity contribution is 7.98. The number of carbonyl (C=O) groups excluding carboxylic acids is 1. The van der Waals surface area contributed by atoms with Gasteiger partial charge in [0.15, 0.2) is 10.9 Å². The van der Waals surface area contributed by atoms with E-state index in [1.807, 2.05) is 11.8 Å². The van der Waals surface area contributed by atoms with Crippen LogP contribution in [0.2, 0.25) is 0 Å². The number of aromatic nitrogens is 1. The van der Waals surface area contributed by atoms with Gasteiger partial charge in [-0.1, -0.05) is 0 Å². The van der Waals surface area contributed by atoms with Crippen molar-refractivity contribution in [3.63, 3.8) is 0 Å². The summed E-state index contributed by atoms with van der Waals surface area (Å²) in [5.41, 5.74) is 0.736. The molecule has 0 amide bonds. The minimum Gasteiger partial charge on any atom is -0.348 e. The van der Waals surface area contributed by atoms with Crippen LogP contribution in [0.1, 0.15) is 35.1 Å². The summed E-state index contributed by atoms with van der Waals surface area (Å²) in [6, 6.07) is 0.452. The summed E-state index contributed by atoms with van der Waals surface area (Å²) in [6.07, 6.45) is 4.78. The number of thioether (sulfide) groups is 1. The van der Waals surface area contributed by atoms with E-state index in [0.717, 1.165) is 29.4 Å². The molecule has 0 radical (unpaired) electrons. The summed E-state index contributed by atoms with van der Waals surface area (Å²) in [6.45, 7) is 2.19. The van der Waals surface area contributed by atoms with E-state index in [-0.39, 0.29) is 5.78 Å². The number of hydrogen-bond acceptors (Lipinski definition) is 5. The van der Waals surface area contributed by atoms with Crippen molar-refractivity contribution in [1.82, 2.24) is 4.98 Å². The van der Waals surface area contributed by atoms with E-state index < -0.39 is 0 Å². The topological polar surface area (TPSA) is 33.2 Å². The summed E-state index contributed by atoms with van der Waals surface area (Å²) in [7, 11) is 2.07. The molecule has 3 nitrogen and oxygen atoms in total. The Balaban J connectivity index is 2.19. The molecule has 0 fully saturated rings. The van der Waals surface area contributed by atoms with Crippen LogP contribution >= 0.6 is 23.1 Å². The van der Waals surface area contributed by atoms with Crippen molar-refractivity contribution in [3.05, 3.63) is 10.6 Å². The molecular weight excluding hydrogens is 252 g/mol. The van der Waals surface area contributed by atoms with Crippen LogP contribution in [0.4, 0.5) is 5.13 Å². The molecule has 1 atom stereocenters. The fourth-order valence-electron chi connectivity index (χ4n) is 1.95. The fourth-order valence-corrected chi connectivity index (χ4v) is 3.84.